The fourth-order valence-corrected chi connectivity index (χ4v) is 2.60. The first-order valence-electron chi connectivity index (χ1n) is 6.52. The molecular formula is C14H13F2N3O2. The number of nitrogens with one attached hydrogen (secondary N) is 1. The smallest absolute Gasteiger partial charge is 0.356 e. The Kier molecular flexibility index (Phi) is 3.42. The Morgan fingerprint density at radius 3 is 2.71 bits per heavy atom. The molecule has 2 heterocycles. The van der Waals surface area contributed by atoms with E-state index in [1.54, 1.807) is 0 Å². The number of aromatic carboxylic acids is 1. The van der Waals surface area contributed by atoms with Crippen molar-refractivity contribution in [3.63, 3.8) is 0 Å². The van der Waals surface area contributed by atoms with Crippen molar-refractivity contribution >= 4 is 5.97 Å². The van der Waals surface area contributed by atoms with Gasteiger partial charge in [0.2, 0.25) is 0 Å². The summed E-state index contributed by atoms with van der Waals surface area (Å²) in [5.41, 5.74) is 1.85. The minimum atomic E-state index is -1.10. The van der Waals surface area contributed by atoms with Gasteiger partial charge in [0.15, 0.2) is 5.69 Å². The standard InChI is InChI=1S/C14H13F2N3O2/c15-9-3-8(4-10(16)5-9)7-19-12-1-2-17-6-11(12)13(18-19)14(20)21/h3-5,17H,1-2,6-7H2,(H,20,21). The predicted molar refractivity (Wildman–Crippen MR) is 70.1 cm³/mol. The molecule has 0 bridgehead atoms. The van der Waals surface area contributed by atoms with Crippen LogP contribution in [0.3, 0.4) is 0 Å². The van der Waals surface area contributed by atoms with Crippen LogP contribution in [0.5, 0.6) is 0 Å². The molecule has 0 fully saturated rings. The second-order valence-corrected chi connectivity index (χ2v) is 4.94. The van der Waals surface area contributed by atoms with Gasteiger partial charge in [0, 0.05) is 36.8 Å². The number of benzene rings is 1. The summed E-state index contributed by atoms with van der Waals surface area (Å²) in [5.74, 6) is -2.42. The van der Waals surface area contributed by atoms with E-state index in [2.05, 4.69) is 10.4 Å². The first kappa shape index (κ1) is 13.7. The summed E-state index contributed by atoms with van der Waals surface area (Å²) < 4.78 is 28.0. The molecule has 7 heteroatoms. The van der Waals surface area contributed by atoms with Crippen molar-refractivity contribution in [3.8, 4) is 0 Å². The molecule has 0 radical (unpaired) electrons. The van der Waals surface area contributed by atoms with Crippen molar-refractivity contribution in [2.45, 2.75) is 19.5 Å². The van der Waals surface area contributed by atoms with Gasteiger partial charge in [0.1, 0.15) is 11.6 Å². The summed E-state index contributed by atoms with van der Waals surface area (Å²) in [6.07, 6.45) is 0.632. The zero-order valence-electron chi connectivity index (χ0n) is 11.1. The summed E-state index contributed by atoms with van der Waals surface area (Å²) in [6, 6.07) is 3.24. The minimum Gasteiger partial charge on any atom is -0.476 e. The van der Waals surface area contributed by atoms with E-state index in [1.165, 1.54) is 16.8 Å². The molecule has 5 nitrogen and oxygen atoms in total. The Bertz CT molecular complexity index is 692. The van der Waals surface area contributed by atoms with Crippen LogP contribution in [0.15, 0.2) is 18.2 Å². The van der Waals surface area contributed by atoms with Crippen LogP contribution in [0.1, 0.15) is 27.3 Å². The number of carbonyl (C=O) groups is 1. The van der Waals surface area contributed by atoms with Gasteiger partial charge in [-0.1, -0.05) is 0 Å². The summed E-state index contributed by atoms with van der Waals surface area (Å²) in [4.78, 5) is 11.2. The van der Waals surface area contributed by atoms with Gasteiger partial charge in [-0.2, -0.15) is 5.10 Å². The first-order chi connectivity index (χ1) is 10.0. The number of hydrogen-bond donors (Lipinski definition) is 2. The summed E-state index contributed by atoms with van der Waals surface area (Å²) in [7, 11) is 0. The molecule has 2 N–H and O–H groups in total. The Hall–Kier alpha value is -2.28. The van der Waals surface area contributed by atoms with Crippen LogP contribution >= 0.6 is 0 Å². The Morgan fingerprint density at radius 1 is 1.33 bits per heavy atom. The average Bonchev–Trinajstić information content (AvgIpc) is 2.77. The van der Waals surface area contributed by atoms with Gasteiger partial charge in [0.25, 0.3) is 0 Å². The van der Waals surface area contributed by atoms with E-state index >= 15 is 0 Å². The second-order valence-electron chi connectivity index (χ2n) is 4.94. The van der Waals surface area contributed by atoms with E-state index in [-0.39, 0.29) is 12.2 Å². The van der Waals surface area contributed by atoms with E-state index < -0.39 is 17.6 Å². The normalized spacial score (nSPS) is 14.0. The van der Waals surface area contributed by atoms with Crippen LogP contribution in [-0.2, 0) is 19.5 Å². The largest absolute Gasteiger partial charge is 0.476 e. The topological polar surface area (TPSA) is 67.1 Å². The van der Waals surface area contributed by atoms with Crippen molar-refractivity contribution in [2.75, 3.05) is 6.54 Å². The Balaban J connectivity index is 2.00. The summed E-state index contributed by atoms with van der Waals surface area (Å²) in [5, 5.41) is 16.4. The molecular weight excluding hydrogens is 280 g/mol. The van der Waals surface area contributed by atoms with Crippen molar-refractivity contribution in [2.24, 2.45) is 0 Å². The van der Waals surface area contributed by atoms with Gasteiger partial charge in [-0.3, -0.25) is 4.68 Å². The zero-order valence-corrected chi connectivity index (χ0v) is 11.1. The van der Waals surface area contributed by atoms with Crippen LogP contribution in [0, 0.1) is 11.6 Å². The third-order valence-electron chi connectivity index (χ3n) is 3.46. The minimum absolute atomic E-state index is 0.00549. The Labute approximate surface area is 119 Å². The lowest BCUT2D eigenvalue weighted by atomic mass is 10.1. The molecule has 0 unspecified atom stereocenters. The number of fused-ring (bicyclic) bond motifs is 1. The van der Waals surface area contributed by atoms with Crippen LogP contribution in [-0.4, -0.2) is 27.4 Å². The van der Waals surface area contributed by atoms with Gasteiger partial charge in [-0.25, -0.2) is 13.6 Å². The van der Waals surface area contributed by atoms with Crippen molar-refractivity contribution in [3.05, 3.63) is 52.3 Å². The number of carboxylic acids is 1. The highest BCUT2D eigenvalue weighted by Gasteiger charge is 2.24. The SMILES string of the molecule is O=C(O)c1nn(Cc2cc(F)cc(F)c2)c2c1CNCC2. The molecule has 21 heavy (non-hydrogen) atoms. The number of hydrogen-bond acceptors (Lipinski definition) is 3. The lowest BCUT2D eigenvalue weighted by molar-refractivity contribution is 0.0688. The number of aromatic nitrogens is 2. The van der Waals surface area contributed by atoms with Crippen LogP contribution in [0.4, 0.5) is 8.78 Å². The lowest BCUT2D eigenvalue weighted by Crippen LogP contribution is -2.25. The van der Waals surface area contributed by atoms with E-state index in [0.717, 1.165) is 18.3 Å². The fourth-order valence-electron chi connectivity index (χ4n) is 2.60. The molecule has 2 aromatic rings. The van der Waals surface area contributed by atoms with Gasteiger partial charge >= 0.3 is 5.97 Å². The van der Waals surface area contributed by atoms with Gasteiger partial charge < -0.3 is 10.4 Å². The number of halogens is 2. The maximum Gasteiger partial charge on any atom is 0.356 e. The highest BCUT2D eigenvalue weighted by Crippen LogP contribution is 2.20. The van der Waals surface area contributed by atoms with E-state index in [4.69, 9.17) is 0 Å². The molecule has 1 aromatic heterocycles. The quantitative estimate of drug-likeness (QED) is 0.901. The van der Waals surface area contributed by atoms with Crippen LogP contribution in [0.2, 0.25) is 0 Å². The van der Waals surface area contributed by atoms with E-state index in [9.17, 15) is 18.7 Å². The molecule has 0 saturated carbocycles. The third-order valence-corrected chi connectivity index (χ3v) is 3.46. The van der Waals surface area contributed by atoms with E-state index in [0.29, 0.717) is 24.1 Å². The van der Waals surface area contributed by atoms with Gasteiger partial charge in [-0.05, 0) is 17.7 Å². The molecule has 1 aliphatic heterocycles. The number of nitrogens with zero attached hydrogens (tertiary/aromatic N) is 2. The fraction of sp³-hybridized carbons (Fsp3) is 0.286. The Morgan fingerprint density at radius 2 is 2.05 bits per heavy atom. The average molecular weight is 293 g/mol. The molecule has 0 atom stereocenters. The molecule has 1 aromatic carbocycles. The van der Waals surface area contributed by atoms with Crippen molar-refractivity contribution in [1.29, 1.82) is 0 Å². The van der Waals surface area contributed by atoms with Crippen LogP contribution in [0.25, 0.3) is 0 Å². The highest BCUT2D eigenvalue weighted by molar-refractivity contribution is 5.87. The third kappa shape index (κ3) is 2.64. The maximum absolute atomic E-state index is 13.2. The number of rotatable bonds is 3. The molecule has 0 amide bonds. The first-order valence-corrected chi connectivity index (χ1v) is 6.52. The molecule has 0 aliphatic carbocycles. The highest BCUT2D eigenvalue weighted by atomic mass is 19.1. The summed E-state index contributed by atoms with van der Waals surface area (Å²) in [6.45, 7) is 1.30. The molecule has 110 valence electrons. The zero-order chi connectivity index (χ0) is 15.0. The summed E-state index contributed by atoms with van der Waals surface area (Å²) >= 11 is 0. The van der Waals surface area contributed by atoms with Crippen molar-refractivity contribution in [1.82, 2.24) is 15.1 Å². The molecule has 0 saturated heterocycles. The number of carboxylic acid groups (broad SMARTS) is 1. The second kappa shape index (κ2) is 5.25. The van der Waals surface area contributed by atoms with Gasteiger partial charge in [-0.15, -0.1) is 0 Å². The van der Waals surface area contributed by atoms with Gasteiger partial charge in [0.05, 0.1) is 6.54 Å². The molecule has 1 aliphatic rings. The van der Waals surface area contributed by atoms with Crippen molar-refractivity contribution < 1.29 is 18.7 Å². The maximum atomic E-state index is 13.2. The predicted octanol–water partition coefficient (Wildman–Crippen LogP) is 1.55. The molecule has 3 rings (SSSR count). The lowest BCUT2D eigenvalue weighted by Gasteiger charge is -2.15. The monoisotopic (exact) mass is 293 g/mol. The molecule has 0 spiro atoms. The van der Waals surface area contributed by atoms with Crippen LogP contribution < -0.4 is 5.32 Å². The van der Waals surface area contributed by atoms with E-state index in [1.807, 2.05) is 0 Å².